The highest BCUT2D eigenvalue weighted by atomic mass is 32.2. The van der Waals surface area contributed by atoms with Crippen molar-refractivity contribution >= 4 is 15.9 Å². The summed E-state index contributed by atoms with van der Waals surface area (Å²) >= 11 is 0. The van der Waals surface area contributed by atoms with E-state index in [1.807, 2.05) is 0 Å². The van der Waals surface area contributed by atoms with Crippen molar-refractivity contribution < 1.29 is 22.0 Å². The van der Waals surface area contributed by atoms with Gasteiger partial charge in [0.25, 0.3) is 0 Å². The van der Waals surface area contributed by atoms with Gasteiger partial charge in [-0.1, -0.05) is 12.1 Å². The van der Waals surface area contributed by atoms with Crippen LogP contribution >= 0.6 is 0 Å². The quantitative estimate of drug-likeness (QED) is 0.542. The molecule has 2 aromatic heterocycles. The molecule has 0 unspecified atom stereocenters. The summed E-state index contributed by atoms with van der Waals surface area (Å²) in [6.45, 7) is 3.58. The van der Waals surface area contributed by atoms with E-state index in [1.54, 1.807) is 38.1 Å². The van der Waals surface area contributed by atoms with Crippen molar-refractivity contribution in [2.24, 2.45) is 0 Å². The highest BCUT2D eigenvalue weighted by Crippen LogP contribution is 2.24. The first-order chi connectivity index (χ1) is 14.7. The molecule has 8 nitrogen and oxygen atoms in total. The summed E-state index contributed by atoms with van der Waals surface area (Å²) in [5, 5.41) is 7.03. The highest BCUT2D eigenvalue weighted by molar-refractivity contribution is 7.89. The summed E-state index contributed by atoms with van der Waals surface area (Å²) in [6, 6.07) is 9.47. The normalized spacial score (nSPS) is 11.8. The first-order valence-corrected chi connectivity index (χ1v) is 11.2. The van der Waals surface area contributed by atoms with Crippen LogP contribution in [-0.4, -0.2) is 42.0 Å². The van der Waals surface area contributed by atoms with E-state index in [-0.39, 0.29) is 29.7 Å². The molecule has 1 aromatic carbocycles. The Morgan fingerprint density at radius 1 is 1.23 bits per heavy atom. The molecular formula is C21H25FN4O4S. The molecule has 166 valence electrons. The number of carbonyl (C=O) groups is 1. The van der Waals surface area contributed by atoms with Crippen molar-refractivity contribution in [3.8, 4) is 0 Å². The molecule has 0 fully saturated rings. The van der Waals surface area contributed by atoms with Crippen molar-refractivity contribution in [3.05, 3.63) is 71.2 Å². The topological polar surface area (TPSA) is 97.4 Å². The predicted molar refractivity (Wildman–Crippen MR) is 112 cm³/mol. The molecule has 0 aliphatic carbocycles. The van der Waals surface area contributed by atoms with Gasteiger partial charge in [0.2, 0.25) is 15.9 Å². The molecule has 0 spiro atoms. The molecule has 0 radical (unpaired) electrons. The van der Waals surface area contributed by atoms with E-state index in [9.17, 15) is 17.6 Å². The average Bonchev–Trinajstić information content (AvgIpc) is 3.31. The Kier molecular flexibility index (Phi) is 6.91. The van der Waals surface area contributed by atoms with Gasteiger partial charge in [0, 0.05) is 13.6 Å². The monoisotopic (exact) mass is 448 g/mol. The number of nitrogens with zero attached hydrogens (tertiary/aromatic N) is 3. The van der Waals surface area contributed by atoms with Gasteiger partial charge >= 0.3 is 0 Å². The third kappa shape index (κ3) is 5.39. The summed E-state index contributed by atoms with van der Waals surface area (Å²) in [5.74, 6) is -0.0761. The molecule has 31 heavy (non-hydrogen) atoms. The third-order valence-corrected chi connectivity index (χ3v) is 6.94. The van der Waals surface area contributed by atoms with Crippen molar-refractivity contribution in [1.82, 2.24) is 19.4 Å². The van der Waals surface area contributed by atoms with E-state index in [4.69, 9.17) is 4.42 Å². The molecule has 3 rings (SSSR count). The molecule has 10 heteroatoms. The Hall–Kier alpha value is -2.98. The lowest BCUT2D eigenvalue weighted by molar-refractivity contribution is -0.121. The van der Waals surface area contributed by atoms with Gasteiger partial charge in [0.1, 0.15) is 23.0 Å². The second-order valence-corrected chi connectivity index (χ2v) is 9.21. The number of amides is 1. The fourth-order valence-electron chi connectivity index (χ4n) is 3.26. The van der Waals surface area contributed by atoms with E-state index in [1.165, 1.54) is 34.4 Å². The lowest BCUT2D eigenvalue weighted by atomic mass is 10.1. The lowest BCUT2D eigenvalue weighted by Gasteiger charge is -2.16. The second kappa shape index (κ2) is 9.44. The van der Waals surface area contributed by atoms with Crippen molar-refractivity contribution in [2.45, 2.75) is 38.3 Å². The number of aromatic nitrogens is 2. The number of halogens is 1. The SMILES string of the molecule is Cc1nn(CC(=O)NCCc2ccc(F)cc2)c(C)c1S(=O)(=O)N(C)Cc1ccco1. The van der Waals surface area contributed by atoms with E-state index in [0.29, 0.717) is 30.1 Å². The molecule has 0 bridgehead atoms. The minimum atomic E-state index is -3.82. The van der Waals surface area contributed by atoms with Crippen LogP contribution in [0, 0.1) is 19.7 Å². The molecule has 0 saturated heterocycles. The predicted octanol–water partition coefficient (Wildman–Crippen LogP) is 2.41. The summed E-state index contributed by atoms with van der Waals surface area (Å²) in [4.78, 5) is 12.4. The zero-order valence-electron chi connectivity index (χ0n) is 17.6. The summed E-state index contributed by atoms with van der Waals surface area (Å²) in [7, 11) is -2.35. The molecule has 0 atom stereocenters. The zero-order valence-corrected chi connectivity index (χ0v) is 18.4. The Morgan fingerprint density at radius 3 is 2.58 bits per heavy atom. The number of nitrogens with one attached hydrogen (secondary N) is 1. The van der Waals surface area contributed by atoms with Crippen LogP contribution in [0.2, 0.25) is 0 Å². The van der Waals surface area contributed by atoms with Gasteiger partial charge in [0.05, 0.1) is 24.2 Å². The molecular weight excluding hydrogens is 423 g/mol. The minimum Gasteiger partial charge on any atom is -0.468 e. The fourth-order valence-corrected chi connectivity index (χ4v) is 4.76. The minimum absolute atomic E-state index is 0.0840. The van der Waals surface area contributed by atoms with Gasteiger partial charge in [-0.25, -0.2) is 12.8 Å². The van der Waals surface area contributed by atoms with Gasteiger partial charge in [0.15, 0.2) is 0 Å². The molecule has 1 amide bonds. The number of hydrogen-bond donors (Lipinski definition) is 1. The Bertz CT molecular complexity index is 1140. The van der Waals surface area contributed by atoms with E-state index < -0.39 is 10.0 Å². The van der Waals surface area contributed by atoms with Gasteiger partial charge < -0.3 is 9.73 Å². The van der Waals surface area contributed by atoms with Gasteiger partial charge in [-0.2, -0.15) is 9.40 Å². The maximum Gasteiger partial charge on any atom is 0.246 e. The number of benzene rings is 1. The molecule has 3 aromatic rings. The fraction of sp³-hybridized carbons (Fsp3) is 0.333. The Labute approximate surface area is 180 Å². The van der Waals surface area contributed by atoms with Crippen LogP contribution in [0.4, 0.5) is 4.39 Å². The smallest absolute Gasteiger partial charge is 0.246 e. The number of hydrogen-bond acceptors (Lipinski definition) is 5. The van der Waals surface area contributed by atoms with Crippen molar-refractivity contribution in [2.75, 3.05) is 13.6 Å². The van der Waals surface area contributed by atoms with Gasteiger partial charge in [-0.3, -0.25) is 9.48 Å². The molecule has 0 aliphatic rings. The maximum atomic E-state index is 13.1. The van der Waals surface area contributed by atoms with Crippen LogP contribution in [0.15, 0.2) is 52.0 Å². The van der Waals surface area contributed by atoms with E-state index in [0.717, 1.165) is 5.56 Å². The number of sulfonamides is 1. The first kappa shape index (κ1) is 22.7. The van der Waals surface area contributed by atoms with Crippen LogP contribution < -0.4 is 5.32 Å². The maximum absolute atomic E-state index is 13.1. The Balaban J connectivity index is 1.64. The summed E-state index contributed by atoms with van der Waals surface area (Å²) < 4.78 is 46.9. The third-order valence-electron chi connectivity index (χ3n) is 4.88. The van der Waals surface area contributed by atoms with Crippen LogP contribution in [0.3, 0.4) is 0 Å². The highest BCUT2D eigenvalue weighted by Gasteiger charge is 2.29. The zero-order chi connectivity index (χ0) is 22.6. The number of aryl methyl sites for hydroxylation is 1. The standard InChI is InChI=1S/C21H25FN4O4S/c1-15-21(31(28,29)25(3)13-19-5-4-12-30-19)16(2)26(24-15)14-20(27)23-11-10-17-6-8-18(22)9-7-17/h4-9,12H,10-11,13-14H2,1-3H3,(H,23,27). The number of furan rings is 1. The average molecular weight is 449 g/mol. The Morgan fingerprint density at radius 2 is 1.94 bits per heavy atom. The van der Waals surface area contributed by atoms with Crippen molar-refractivity contribution in [1.29, 1.82) is 0 Å². The van der Waals surface area contributed by atoms with E-state index >= 15 is 0 Å². The second-order valence-electron chi connectivity index (χ2n) is 7.22. The van der Waals surface area contributed by atoms with Gasteiger partial charge in [-0.15, -0.1) is 0 Å². The number of carbonyl (C=O) groups excluding carboxylic acids is 1. The molecule has 2 heterocycles. The van der Waals surface area contributed by atoms with Crippen LogP contribution in [0.25, 0.3) is 0 Å². The van der Waals surface area contributed by atoms with Crippen LogP contribution in [0.1, 0.15) is 22.7 Å². The number of rotatable bonds is 9. The van der Waals surface area contributed by atoms with Crippen LogP contribution in [-0.2, 0) is 34.3 Å². The molecule has 0 aliphatic heterocycles. The molecule has 1 N–H and O–H groups in total. The summed E-state index contributed by atoms with van der Waals surface area (Å²) in [5.41, 5.74) is 1.61. The lowest BCUT2D eigenvalue weighted by Crippen LogP contribution is -2.30. The summed E-state index contributed by atoms with van der Waals surface area (Å²) in [6.07, 6.45) is 2.04. The molecule has 0 saturated carbocycles. The van der Waals surface area contributed by atoms with E-state index in [2.05, 4.69) is 10.4 Å². The van der Waals surface area contributed by atoms with Crippen molar-refractivity contribution in [3.63, 3.8) is 0 Å². The first-order valence-electron chi connectivity index (χ1n) is 9.72. The van der Waals surface area contributed by atoms with Gasteiger partial charge in [-0.05, 0) is 50.1 Å². The largest absolute Gasteiger partial charge is 0.468 e. The van der Waals surface area contributed by atoms with Crippen LogP contribution in [0.5, 0.6) is 0 Å².